The van der Waals surface area contributed by atoms with E-state index < -0.39 is 0 Å². The van der Waals surface area contributed by atoms with Crippen LogP contribution in [-0.2, 0) is 11.2 Å². The number of hydrogen-bond acceptors (Lipinski definition) is 3. The standard InChI is InChI=1S/C16H23NO2/c1-2-13-4-3-5-14(12-13)16(18)8-11-19-15-6-9-17-10-7-15/h3-5,12,15,17H,2,6-11H2,1H3. The lowest BCUT2D eigenvalue weighted by Crippen LogP contribution is -2.32. The number of hydrogen-bond donors (Lipinski definition) is 1. The summed E-state index contributed by atoms with van der Waals surface area (Å²) >= 11 is 0. The second-order valence-corrected chi connectivity index (χ2v) is 5.05. The highest BCUT2D eigenvalue weighted by molar-refractivity contribution is 5.96. The van der Waals surface area contributed by atoms with E-state index in [0.717, 1.165) is 37.9 Å². The number of ketones is 1. The van der Waals surface area contributed by atoms with Gasteiger partial charge in [-0.05, 0) is 44.0 Å². The van der Waals surface area contributed by atoms with E-state index in [1.54, 1.807) is 0 Å². The van der Waals surface area contributed by atoms with Crippen LogP contribution in [0.25, 0.3) is 0 Å². The van der Waals surface area contributed by atoms with E-state index in [1.165, 1.54) is 5.56 Å². The van der Waals surface area contributed by atoms with Crippen molar-refractivity contribution in [1.29, 1.82) is 0 Å². The van der Waals surface area contributed by atoms with Gasteiger partial charge in [-0.3, -0.25) is 4.79 Å². The third-order valence-electron chi connectivity index (χ3n) is 3.63. The number of benzene rings is 1. The van der Waals surface area contributed by atoms with E-state index in [0.29, 0.717) is 19.1 Å². The second kappa shape index (κ2) is 7.41. The number of piperidine rings is 1. The molecule has 104 valence electrons. The van der Waals surface area contributed by atoms with Gasteiger partial charge in [0, 0.05) is 12.0 Å². The summed E-state index contributed by atoms with van der Waals surface area (Å²) in [7, 11) is 0. The van der Waals surface area contributed by atoms with Crippen LogP contribution in [-0.4, -0.2) is 31.6 Å². The van der Waals surface area contributed by atoms with Crippen molar-refractivity contribution in [1.82, 2.24) is 5.32 Å². The fourth-order valence-electron chi connectivity index (χ4n) is 2.39. The molecule has 0 unspecified atom stereocenters. The molecular formula is C16H23NO2. The fourth-order valence-corrected chi connectivity index (χ4v) is 2.39. The largest absolute Gasteiger partial charge is 0.378 e. The van der Waals surface area contributed by atoms with Gasteiger partial charge in [-0.25, -0.2) is 0 Å². The van der Waals surface area contributed by atoms with Gasteiger partial charge in [0.2, 0.25) is 0 Å². The first-order valence-corrected chi connectivity index (χ1v) is 7.24. The lowest BCUT2D eigenvalue weighted by molar-refractivity contribution is 0.0313. The molecule has 3 nitrogen and oxygen atoms in total. The predicted octanol–water partition coefficient (Wildman–Crippen LogP) is 2.59. The molecule has 1 fully saturated rings. The predicted molar refractivity (Wildman–Crippen MR) is 76.6 cm³/mol. The van der Waals surface area contributed by atoms with Crippen LogP contribution in [0.3, 0.4) is 0 Å². The molecule has 1 aromatic rings. The highest BCUT2D eigenvalue weighted by atomic mass is 16.5. The Morgan fingerprint density at radius 3 is 2.89 bits per heavy atom. The Hall–Kier alpha value is -1.19. The lowest BCUT2D eigenvalue weighted by Gasteiger charge is -2.22. The van der Waals surface area contributed by atoms with Gasteiger partial charge in [0.25, 0.3) is 0 Å². The average Bonchev–Trinajstić information content (AvgIpc) is 2.48. The summed E-state index contributed by atoms with van der Waals surface area (Å²) in [5, 5.41) is 3.31. The molecule has 0 aliphatic carbocycles. The Kier molecular flexibility index (Phi) is 5.55. The third kappa shape index (κ3) is 4.44. The molecule has 0 aromatic heterocycles. The monoisotopic (exact) mass is 261 g/mol. The average molecular weight is 261 g/mol. The van der Waals surface area contributed by atoms with Gasteiger partial charge in [0.05, 0.1) is 12.7 Å². The molecular weight excluding hydrogens is 238 g/mol. The smallest absolute Gasteiger partial charge is 0.165 e. The first-order valence-electron chi connectivity index (χ1n) is 7.24. The Labute approximate surface area is 115 Å². The van der Waals surface area contributed by atoms with E-state index in [1.807, 2.05) is 18.2 Å². The van der Waals surface area contributed by atoms with E-state index in [9.17, 15) is 4.79 Å². The highest BCUT2D eigenvalue weighted by Gasteiger charge is 2.14. The number of Topliss-reactive ketones (excluding diaryl/α,β-unsaturated/α-hetero) is 1. The minimum absolute atomic E-state index is 0.184. The molecule has 1 aliphatic rings. The first-order chi connectivity index (χ1) is 9.29. The van der Waals surface area contributed by atoms with Crippen molar-refractivity contribution in [3.8, 4) is 0 Å². The van der Waals surface area contributed by atoms with Crippen molar-refractivity contribution < 1.29 is 9.53 Å². The summed E-state index contributed by atoms with van der Waals surface area (Å²) in [6.07, 6.45) is 3.89. The van der Waals surface area contributed by atoms with Gasteiger partial charge in [-0.15, -0.1) is 0 Å². The Morgan fingerprint density at radius 2 is 2.16 bits per heavy atom. The van der Waals surface area contributed by atoms with E-state index in [2.05, 4.69) is 18.3 Å². The lowest BCUT2D eigenvalue weighted by atomic mass is 10.0. The number of ether oxygens (including phenoxy) is 1. The third-order valence-corrected chi connectivity index (χ3v) is 3.63. The van der Waals surface area contributed by atoms with Crippen LogP contribution in [0.4, 0.5) is 0 Å². The minimum Gasteiger partial charge on any atom is -0.378 e. The van der Waals surface area contributed by atoms with Crippen LogP contribution in [0, 0.1) is 0 Å². The Bertz CT molecular complexity index is 411. The van der Waals surface area contributed by atoms with Gasteiger partial charge in [-0.2, -0.15) is 0 Å². The number of rotatable bonds is 6. The summed E-state index contributed by atoms with van der Waals surface area (Å²) < 4.78 is 5.77. The fraction of sp³-hybridized carbons (Fsp3) is 0.562. The first kappa shape index (κ1) is 14.2. The Balaban J connectivity index is 1.77. The molecule has 0 saturated carbocycles. The van der Waals surface area contributed by atoms with Crippen LogP contribution in [0.1, 0.15) is 42.1 Å². The molecule has 1 heterocycles. The zero-order valence-corrected chi connectivity index (χ0v) is 11.7. The maximum absolute atomic E-state index is 12.1. The quantitative estimate of drug-likeness (QED) is 0.800. The van der Waals surface area contributed by atoms with Crippen molar-refractivity contribution in [3.05, 3.63) is 35.4 Å². The van der Waals surface area contributed by atoms with Gasteiger partial charge in [0.1, 0.15) is 0 Å². The maximum Gasteiger partial charge on any atom is 0.165 e. The summed E-state index contributed by atoms with van der Waals surface area (Å²) in [6, 6.07) is 7.90. The van der Waals surface area contributed by atoms with E-state index in [4.69, 9.17) is 4.74 Å². The molecule has 2 rings (SSSR count). The molecule has 0 radical (unpaired) electrons. The van der Waals surface area contributed by atoms with Crippen LogP contribution in [0.5, 0.6) is 0 Å². The maximum atomic E-state index is 12.1. The molecule has 0 bridgehead atoms. The van der Waals surface area contributed by atoms with Crippen LogP contribution >= 0.6 is 0 Å². The SMILES string of the molecule is CCc1cccc(C(=O)CCOC2CCNCC2)c1. The number of nitrogens with one attached hydrogen (secondary N) is 1. The molecule has 1 N–H and O–H groups in total. The summed E-state index contributed by atoms with van der Waals surface area (Å²) in [5.74, 6) is 0.184. The van der Waals surface area contributed by atoms with Gasteiger partial charge < -0.3 is 10.1 Å². The van der Waals surface area contributed by atoms with E-state index >= 15 is 0 Å². The van der Waals surface area contributed by atoms with Crippen LogP contribution in [0.15, 0.2) is 24.3 Å². The van der Waals surface area contributed by atoms with Crippen molar-refractivity contribution in [2.24, 2.45) is 0 Å². The molecule has 3 heteroatoms. The molecule has 0 amide bonds. The zero-order valence-electron chi connectivity index (χ0n) is 11.7. The van der Waals surface area contributed by atoms with Crippen molar-refractivity contribution >= 4 is 5.78 Å². The van der Waals surface area contributed by atoms with E-state index in [-0.39, 0.29) is 5.78 Å². The normalized spacial score (nSPS) is 16.5. The molecule has 1 aromatic carbocycles. The topological polar surface area (TPSA) is 38.3 Å². The van der Waals surface area contributed by atoms with Crippen molar-refractivity contribution in [2.75, 3.05) is 19.7 Å². The summed E-state index contributed by atoms with van der Waals surface area (Å²) in [6.45, 7) is 4.69. The zero-order chi connectivity index (χ0) is 13.5. The molecule has 1 saturated heterocycles. The van der Waals surface area contributed by atoms with Crippen LogP contribution < -0.4 is 5.32 Å². The summed E-state index contributed by atoms with van der Waals surface area (Å²) in [4.78, 5) is 12.1. The number of carbonyl (C=O) groups excluding carboxylic acids is 1. The minimum atomic E-state index is 0.184. The van der Waals surface area contributed by atoms with Crippen molar-refractivity contribution in [3.63, 3.8) is 0 Å². The Morgan fingerprint density at radius 1 is 1.37 bits per heavy atom. The highest BCUT2D eigenvalue weighted by Crippen LogP contribution is 2.11. The molecule has 1 aliphatic heterocycles. The van der Waals surface area contributed by atoms with Gasteiger partial charge >= 0.3 is 0 Å². The summed E-state index contributed by atoms with van der Waals surface area (Å²) in [5.41, 5.74) is 2.03. The number of aryl methyl sites for hydroxylation is 1. The van der Waals surface area contributed by atoms with Gasteiger partial charge in [0.15, 0.2) is 5.78 Å². The number of carbonyl (C=O) groups is 1. The molecule has 19 heavy (non-hydrogen) atoms. The molecule has 0 spiro atoms. The van der Waals surface area contributed by atoms with Crippen molar-refractivity contribution in [2.45, 2.75) is 38.7 Å². The molecule has 0 atom stereocenters. The van der Waals surface area contributed by atoms with Crippen LogP contribution in [0.2, 0.25) is 0 Å². The second-order valence-electron chi connectivity index (χ2n) is 5.05. The van der Waals surface area contributed by atoms with Gasteiger partial charge in [-0.1, -0.05) is 25.1 Å².